The Morgan fingerprint density at radius 3 is 1.49 bits per heavy atom. The molecule has 366 valence electrons. The number of piperidine rings is 1. The molecule has 4 aliphatic carbocycles. The summed E-state index contributed by atoms with van der Waals surface area (Å²) in [6, 6.07) is 44.2. The van der Waals surface area contributed by atoms with Crippen molar-refractivity contribution in [2.75, 3.05) is 4.67 Å². The summed E-state index contributed by atoms with van der Waals surface area (Å²) >= 11 is 0. The molecule has 7 nitrogen and oxygen atoms in total. The van der Waals surface area contributed by atoms with Crippen LogP contribution in [-0.4, -0.2) is 20.7 Å². The minimum atomic E-state index is -1.72. The number of benzene rings is 5. The zero-order valence-electron chi connectivity index (χ0n) is 43.5. The van der Waals surface area contributed by atoms with Crippen LogP contribution in [0.3, 0.4) is 0 Å². The Bertz CT molecular complexity index is 3080. The van der Waals surface area contributed by atoms with Crippen LogP contribution in [0.15, 0.2) is 128 Å². The Kier molecular flexibility index (Phi) is 9.75. The normalized spacial score (nSPS) is 27.9. The molecule has 0 saturated carbocycles. The zero-order chi connectivity index (χ0) is 49.3. The second kappa shape index (κ2) is 15.1. The van der Waals surface area contributed by atoms with Gasteiger partial charge in [0.2, 0.25) is 0 Å². The monoisotopic (exact) mass is 981 g/mol. The fourth-order valence-corrected chi connectivity index (χ4v) is 20.1. The Labute approximate surface area is 424 Å². The summed E-state index contributed by atoms with van der Waals surface area (Å²) in [6.45, 7) is 27.7. The highest BCUT2D eigenvalue weighted by Crippen LogP contribution is 2.74. The van der Waals surface area contributed by atoms with Crippen LogP contribution in [0, 0.1) is 5.92 Å². The molecule has 2 spiro atoms. The number of pyridine rings is 1. The third kappa shape index (κ3) is 6.40. The van der Waals surface area contributed by atoms with Crippen molar-refractivity contribution in [2.24, 2.45) is 5.92 Å². The van der Waals surface area contributed by atoms with Gasteiger partial charge in [-0.25, -0.2) is 9.65 Å². The lowest BCUT2D eigenvalue weighted by Gasteiger charge is -2.60. The van der Waals surface area contributed by atoms with Crippen LogP contribution in [-0.2, 0) is 39.0 Å². The molecule has 6 aromatic rings. The quantitative estimate of drug-likeness (QED) is 0.154. The van der Waals surface area contributed by atoms with E-state index in [9.17, 15) is 0 Å². The van der Waals surface area contributed by atoms with Crippen molar-refractivity contribution in [3.05, 3.63) is 178 Å². The molecule has 1 saturated heterocycles. The Balaban J connectivity index is 0.960. The van der Waals surface area contributed by atoms with Crippen molar-refractivity contribution in [2.45, 2.75) is 165 Å². The van der Waals surface area contributed by atoms with Crippen molar-refractivity contribution in [3.63, 3.8) is 0 Å². The van der Waals surface area contributed by atoms with Crippen LogP contribution >= 0.6 is 17.1 Å². The van der Waals surface area contributed by atoms with Gasteiger partial charge in [-0.2, -0.15) is 0 Å². The minimum absolute atomic E-state index is 0.01000. The van der Waals surface area contributed by atoms with Crippen LogP contribution in [0.4, 0.5) is 5.82 Å². The standard InChI is InChI=1S/C62H69N3O4P2/c1-55(2)36-61-37-56(3,4)42-24-19-29-47(52(42)61)69-71(68-46-28-18-23-41(55)51(46)61)65-58(7,8)33-32-49(59(65,9)10)60(11)39-62-38-57(5,6)43-25-17-27-45(53(43)62)66-70(67-48-30-20-26-44(60)54(48)62)64(50-31-15-16-34-63-50)35-40-21-13-12-14-22-40/h12-31,34,49H,32-33,35-39H2,1-11H3/t49?,60-,61?,62+,70?/m1/s1. The van der Waals surface area contributed by atoms with Crippen molar-refractivity contribution >= 4 is 22.9 Å². The van der Waals surface area contributed by atoms with Gasteiger partial charge in [-0.1, -0.05) is 133 Å². The van der Waals surface area contributed by atoms with E-state index in [1.165, 1.54) is 50.1 Å². The second-order valence-corrected chi connectivity index (χ2v) is 28.2. The van der Waals surface area contributed by atoms with Gasteiger partial charge in [-0.15, -0.1) is 0 Å². The lowest BCUT2D eigenvalue weighted by Crippen LogP contribution is -2.64. The predicted molar refractivity (Wildman–Crippen MR) is 288 cm³/mol. The molecule has 4 heterocycles. The van der Waals surface area contributed by atoms with E-state index >= 15 is 0 Å². The van der Waals surface area contributed by atoms with Gasteiger partial charge < -0.3 is 18.1 Å². The summed E-state index contributed by atoms with van der Waals surface area (Å²) in [5.74, 6) is 4.91. The average Bonchev–Trinajstić information content (AvgIpc) is 3.89. The maximum atomic E-state index is 7.69. The summed E-state index contributed by atoms with van der Waals surface area (Å²) in [5.41, 5.74) is 10.8. The molecule has 1 aromatic heterocycles. The summed E-state index contributed by atoms with van der Waals surface area (Å²) in [7, 11) is -3.36. The fourth-order valence-electron chi connectivity index (χ4n) is 16.7. The molecule has 0 N–H and O–H groups in total. The van der Waals surface area contributed by atoms with Gasteiger partial charge in [0.15, 0.2) is 0 Å². The van der Waals surface area contributed by atoms with E-state index in [-0.39, 0.29) is 49.5 Å². The van der Waals surface area contributed by atoms with E-state index < -0.39 is 17.1 Å². The van der Waals surface area contributed by atoms with Gasteiger partial charge in [-0.3, -0.25) is 4.67 Å². The lowest BCUT2D eigenvalue weighted by molar-refractivity contribution is -0.0363. The average molecular weight is 982 g/mol. The van der Waals surface area contributed by atoms with E-state index in [4.69, 9.17) is 23.1 Å². The molecular formula is C62H69N3O4P2. The highest BCUT2D eigenvalue weighted by atomic mass is 31.2. The Morgan fingerprint density at radius 1 is 0.521 bits per heavy atom. The van der Waals surface area contributed by atoms with Gasteiger partial charge in [0.25, 0.3) is 0 Å². The number of anilines is 1. The first-order valence-corrected chi connectivity index (χ1v) is 28.4. The Morgan fingerprint density at radius 2 is 0.986 bits per heavy atom. The first-order chi connectivity index (χ1) is 33.7. The Hall–Kier alpha value is -4.93. The highest BCUT2D eigenvalue weighted by molar-refractivity contribution is 7.50. The number of aromatic nitrogens is 1. The third-order valence-corrected chi connectivity index (χ3v) is 22.2. The topological polar surface area (TPSA) is 56.3 Å². The summed E-state index contributed by atoms with van der Waals surface area (Å²) in [6.07, 6.45) is 7.94. The molecule has 1 fully saturated rings. The van der Waals surface area contributed by atoms with Crippen LogP contribution in [0.5, 0.6) is 23.0 Å². The number of hydrogen-bond donors (Lipinski definition) is 0. The first kappa shape index (κ1) is 45.9. The van der Waals surface area contributed by atoms with Crippen molar-refractivity contribution < 1.29 is 18.1 Å². The van der Waals surface area contributed by atoms with Crippen molar-refractivity contribution in [3.8, 4) is 23.0 Å². The van der Waals surface area contributed by atoms with Gasteiger partial charge in [-0.05, 0) is 158 Å². The maximum Gasteiger partial charge on any atom is 0.418 e. The molecule has 0 bridgehead atoms. The minimum Gasteiger partial charge on any atom is -0.427 e. The molecule has 9 heteroatoms. The van der Waals surface area contributed by atoms with E-state index in [0.717, 1.165) is 67.3 Å². The predicted octanol–water partition coefficient (Wildman–Crippen LogP) is 16.0. The molecule has 7 aliphatic rings. The zero-order valence-corrected chi connectivity index (χ0v) is 45.3. The summed E-state index contributed by atoms with van der Waals surface area (Å²) in [4.78, 5) is 4.91. The van der Waals surface area contributed by atoms with Crippen LogP contribution in [0.25, 0.3) is 0 Å². The van der Waals surface area contributed by atoms with E-state index in [2.05, 4.69) is 201 Å². The molecule has 2 unspecified atom stereocenters. The highest BCUT2D eigenvalue weighted by Gasteiger charge is 2.67. The van der Waals surface area contributed by atoms with E-state index in [1.807, 2.05) is 12.3 Å². The summed E-state index contributed by atoms with van der Waals surface area (Å²) < 4.78 is 35.3. The smallest absolute Gasteiger partial charge is 0.418 e. The molecule has 3 aliphatic heterocycles. The molecule has 0 amide bonds. The lowest BCUT2D eigenvalue weighted by atomic mass is 9.58. The fraction of sp³-hybridized carbons (Fsp3) is 0.435. The molecule has 13 rings (SSSR count). The van der Waals surface area contributed by atoms with Crippen LogP contribution < -0.4 is 22.8 Å². The number of rotatable bonds is 6. The van der Waals surface area contributed by atoms with Gasteiger partial charge in [0.05, 0.1) is 6.54 Å². The van der Waals surface area contributed by atoms with Crippen LogP contribution in [0.2, 0.25) is 0 Å². The first-order valence-electron chi connectivity index (χ1n) is 26.1. The molecule has 0 radical (unpaired) electrons. The number of nitrogens with zero attached hydrogens (tertiary/aromatic N) is 3. The molecule has 4 atom stereocenters. The van der Waals surface area contributed by atoms with Crippen molar-refractivity contribution in [1.29, 1.82) is 0 Å². The van der Waals surface area contributed by atoms with E-state index in [0.29, 0.717) is 6.54 Å². The van der Waals surface area contributed by atoms with Gasteiger partial charge >= 0.3 is 17.1 Å². The second-order valence-electron chi connectivity index (χ2n) is 25.6. The van der Waals surface area contributed by atoms with E-state index in [1.54, 1.807) is 0 Å². The maximum absolute atomic E-state index is 7.69. The molecular weight excluding hydrogens is 913 g/mol. The summed E-state index contributed by atoms with van der Waals surface area (Å²) in [5, 5.41) is 0. The number of hydrogen-bond acceptors (Lipinski definition) is 7. The van der Waals surface area contributed by atoms with Crippen LogP contribution in [0.1, 0.15) is 165 Å². The largest absolute Gasteiger partial charge is 0.427 e. The van der Waals surface area contributed by atoms with Gasteiger partial charge in [0.1, 0.15) is 28.8 Å². The SMILES string of the molecule is CC1(C)CC23CC(C)(C)c4cccc(c42)OP(N2C(C)(C)CCC([C@]4(C)C[C@@]56CC(C)(C)c7cccc(c75)OP(N(Cc5ccccc5)c5ccccn5)Oc5cccc4c56)C2(C)C)Oc2cccc1c23. The molecule has 71 heavy (non-hydrogen) atoms. The molecule has 5 aromatic carbocycles. The third-order valence-electron chi connectivity index (χ3n) is 18.7. The van der Waals surface area contributed by atoms with Gasteiger partial charge in [0, 0.05) is 50.4 Å². The van der Waals surface area contributed by atoms with Crippen molar-refractivity contribution in [1.82, 2.24) is 9.65 Å².